The van der Waals surface area contributed by atoms with Gasteiger partial charge in [0, 0.05) is 85.7 Å². The number of para-hydroxylation sites is 8. The SMILES string of the molecule is C1CCOC1.C1CCOC1.C1CCOC1.[Mn+3].[Mn+3].[Mn+3].[Mn+3].[Mn+3].[Mn+3].[Mn+3].[Mn+3].[O-2].[O-2].[O-2].[O-2].[O-]c1ccccc1-c1cc[n-]n1.[O-]c1ccccc1-c1cc[n-]n1.[O-]c1ccccc1-c1cc[n-]n1.[O-]c1ccccc1-c1cc[n-]n1.[O-]c1ccccc1-c1cc[n-]n1.[O-]c1ccccc1-c1cc[n-]n1.[O-]c1ccccc1-c1cc[n-]n1.[O-]c1ccccc1-c1ccn[n-]1. The molecule has 3 fully saturated rings. The molecule has 0 radical (unpaired) electrons. The maximum atomic E-state index is 11.2. The second kappa shape index (κ2) is 69.2. The third-order valence-corrected chi connectivity index (χ3v) is 15.5. The van der Waals surface area contributed by atoms with Crippen LogP contribution in [0.1, 0.15) is 38.5 Å². The molecule has 39 heteroatoms. The summed E-state index contributed by atoms with van der Waals surface area (Å²) in [6.07, 6.45) is 20.2. The smallest absolute Gasteiger partial charge is 2.00 e. The predicted molar refractivity (Wildman–Crippen MR) is 402 cm³/mol. The fraction of sp³-hybridized carbons (Fsp3) is 0.143. The van der Waals surface area contributed by atoms with Gasteiger partial charge in [-0.25, -0.2) is 0 Å². The molecule has 0 spiro atoms. The molecule has 634 valence electrons. The Morgan fingerprint density at radius 2 is 0.358 bits per heavy atom. The Labute approximate surface area is 794 Å². The molecule has 3 aliphatic heterocycles. The maximum Gasteiger partial charge on any atom is 3.00 e. The summed E-state index contributed by atoms with van der Waals surface area (Å²) in [4.78, 5) is 0. The van der Waals surface area contributed by atoms with Crippen molar-refractivity contribution in [3.8, 4) is 136 Å². The zero-order valence-electron chi connectivity index (χ0n) is 64.5. The average Bonchev–Trinajstić information content (AvgIpc) is 1.42. The van der Waals surface area contributed by atoms with Gasteiger partial charge in [-0.15, -0.1) is 11.4 Å². The van der Waals surface area contributed by atoms with E-state index in [2.05, 4.69) is 81.6 Å². The van der Waals surface area contributed by atoms with Crippen molar-refractivity contribution in [2.24, 2.45) is 0 Å². The molecular formula is C84H72Mn8N16O15. The van der Waals surface area contributed by atoms with Crippen molar-refractivity contribution in [2.75, 3.05) is 39.6 Å². The van der Waals surface area contributed by atoms with Crippen LogP contribution in [0.5, 0.6) is 46.0 Å². The molecule has 0 saturated carbocycles. The van der Waals surface area contributed by atoms with Gasteiger partial charge in [0.2, 0.25) is 0 Å². The Morgan fingerprint density at radius 3 is 0.472 bits per heavy atom. The summed E-state index contributed by atoms with van der Waals surface area (Å²) in [5, 5.41) is 150. The number of rotatable bonds is 8. The molecule has 11 heterocycles. The monoisotopic (exact) mass is 1980 g/mol. The zero-order chi connectivity index (χ0) is 77.7. The minimum absolute atomic E-state index is 0. The van der Waals surface area contributed by atoms with Crippen molar-refractivity contribution in [1.82, 2.24) is 81.6 Å². The van der Waals surface area contributed by atoms with E-state index in [4.69, 9.17) is 14.2 Å². The summed E-state index contributed by atoms with van der Waals surface area (Å²) in [6, 6.07) is 68.0. The van der Waals surface area contributed by atoms with Gasteiger partial charge in [0.05, 0.1) is 0 Å². The Bertz CT molecular complexity index is 4150. The predicted octanol–water partition coefficient (Wildman–Crippen LogP) is 8.13. The molecule has 31 nitrogen and oxygen atoms in total. The van der Waals surface area contributed by atoms with Crippen molar-refractivity contribution >= 4 is 0 Å². The van der Waals surface area contributed by atoms with E-state index in [0.29, 0.717) is 90.1 Å². The molecule has 0 atom stereocenters. The Hall–Kier alpha value is -10.3. The first-order valence-electron chi connectivity index (χ1n) is 34.9. The standard InChI is InChI=1S/8C9H7N2O.3C4H8O.8Mn.4O/c8*12-9-4-2-1-3-7(9)8-5-6-10-11-8;3*1-2-4-5-3-1;;;;;;;;;;;;/h8*1-6H,(H-,10,11,12);3*1-4H2;;;;;;;;;;;;/q8*-1;;;;8*+3;4*-2/p-8. The van der Waals surface area contributed by atoms with Gasteiger partial charge in [0.15, 0.2) is 0 Å². The summed E-state index contributed by atoms with van der Waals surface area (Å²) in [5.41, 5.74) is 9.97. The molecule has 0 bridgehead atoms. The fourth-order valence-electron chi connectivity index (χ4n) is 9.97. The summed E-state index contributed by atoms with van der Waals surface area (Å²) >= 11 is 0. The Kier molecular flexibility index (Phi) is 66.9. The quantitative estimate of drug-likeness (QED) is 0.129. The summed E-state index contributed by atoms with van der Waals surface area (Å²) in [6.45, 7) is 6.00. The van der Waals surface area contributed by atoms with E-state index >= 15 is 0 Å². The van der Waals surface area contributed by atoms with Gasteiger partial charge < -0.3 is 159 Å². The van der Waals surface area contributed by atoms with Gasteiger partial charge in [0.1, 0.15) is 0 Å². The Balaban J connectivity index is -0.000000633. The normalized spacial score (nSPS) is 10.7. The van der Waals surface area contributed by atoms with Crippen molar-refractivity contribution in [1.29, 1.82) is 0 Å². The van der Waals surface area contributed by atoms with Crippen LogP contribution in [0.15, 0.2) is 292 Å². The van der Waals surface area contributed by atoms with Crippen molar-refractivity contribution in [3.63, 3.8) is 0 Å². The van der Waals surface area contributed by atoms with E-state index in [9.17, 15) is 40.9 Å². The topological polar surface area (TPSA) is 542 Å². The second-order valence-electron chi connectivity index (χ2n) is 23.3. The van der Waals surface area contributed by atoms with E-state index in [1.54, 1.807) is 195 Å². The molecule has 8 aromatic carbocycles. The van der Waals surface area contributed by atoms with Gasteiger partial charge >= 0.3 is 137 Å². The van der Waals surface area contributed by atoms with Gasteiger partial charge in [-0.3, -0.25) is 0 Å². The van der Waals surface area contributed by atoms with Crippen molar-refractivity contribution in [3.05, 3.63) is 292 Å². The molecule has 123 heavy (non-hydrogen) atoms. The molecule has 0 unspecified atom stereocenters. The molecule has 19 rings (SSSR count). The molecular weight excluding hydrogens is 1910 g/mol. The van der Waals surface area contributed by atoms with Gasteiger partial charge in [-0.05, 0) is 83.0 Å². The third kappa shape index (κ3) is 41.2. The number of hydrogen-bond donors (Lipinski definition) is 0. The summed E-state index contributed by atoms with van der Waals surface area (Å²) in [7, 11) is 0. The summed E-state index contributed by atoms with van der Waals surface area (Å²) < 4.78 is 14.8. The van der Waals surface area contributed by atoms with E-state index in [1.165, 1.54) is 87.1 Å². The average molecular weight is 1990 g/mol. The molecule has 16 aromatic rings. The zero-order valence-corrected chi connectivity index (χ0v) is 73.9. The number of nitrogens with zero attached hydrogens (tertiary/aromatic N) is 16. The first kappa shape index (κ1) is 119. The third-order valence-electron chi connectivity index (χ3n) is 15.5. The molecule has 0 N–H and O–H groups in total. The largest absolute Gasteiger partial charge is 3.00 e. The van der Waals surface area contributed by atoms with Crippen LogP contribution in [0.25, 0.3) is 90.1 Å². The van der Waals surface area contributed by atoms with Crippen LogP contribution < -0.4 is 81.6 Å². The maximum absolute atomic E-state index is 11.2. The summed E-state index contributed by atoms with van der Waals surface area (Å²) in [5.74, 6) is -0.126. The van der Waals surface area contributed by atoms with Crippen LogP contribution in [-0.2, 0) is 173 Å². The first-order chi connectivity index (χ1) is 54.5. The van der Waals surface area contributed by atoms with Gasteiger partial charge in [-0.1, -0.05) is 283 Å². The van der Waals surface area contributed by atoms with Crippen LogP contribution in [0.4, 0.5) is 0 Å². The van der Waals surface area contributed by atoms with Crippen LogP contribution >= 0.6 is 0 Å². The van der Waals surface area contributed by atoms with Crippen molar-refractivity contribution < 1.29 is 214 Å². The van der Waals surface area contributed by atoms with Crippen LogP contribution in [0.2, 0.25) is 0 Å². The van der Waals surface area contributed by atoms with E-state index in [-0.39, 0.29) is 204 Å². The van der Waals surface area contributed by atoms with Crippen LogP contribution in [0, 0.1) is 0 Å². The molecule has 0 amide bonds. The van der Waals surface area contributed by atoms with E-state index in [0.717, 1.165) is 39.6 Å². The number of hydrogen-bond acceptors (Lipinski definition) is 19. The van der Waals surface area contributed by atoms with Crippen LogP contribution in [-0.4, -0.2) is 80.4 Å². The number of aromatic nitrogens is 16. The minimum Gasteiger partial charge on any atom is -2.00 e. The molecule has 0 aliphatic carbocycles. The fourth-order valence-corrected chi connectivity index (χ4v) is 9.97. The van der Waals surface area contributed by atoms with Gasteiger partial charge in [0.25, 0.3) is 0 Å². The van der Waals surface area contributed by atoms with E-state index in [1.807, 2.05) is 48.5 Å². The van der Waals surface area contributed by atoms with E-state index < -0.39 is 0 Å². The van der Waals surface area contributed by atoms with Gasteiger partial charge in [-0.2, -0.15) is 43.4 Å². The van der Waals surface area contributed by atoms with Crippen LogP contribution in [0.3, 0.4) is 0 Å². The Morgan fingerprint density at radius 1 is 0.203 bits per heavy atom. The molecule has 3 saturated heterocycles. The van der Waals surface area contributed by atoms with Crippen molar-refractivity contribution in [2.45, 2.75) is 38.5 Å². The molecule has 3 aliphatic rings. The number of benzene rings is 8. The minimum atomic E-state index is -0.0157. The molecule has 8 aromatic heterocycles. The second-order valence-corrected chi connectivity index (χ2v) is 23.3. The number of ether oxygens (including phenoxy) is 3. The first-order valence-corrected chi connectivity index (χ1v) is 34.9.